The van der Waals surface area contributed by atoms with E-state index in [-0.39, 0.29) is 24.1 Å². The first-order chi connectivity index (χ1) is 14.2. The van der Waals surface area contributed by atoms with Gasteiger partial charge in [0.05, 0.1) is 0 Å². The second-order valence-corrected chi connectivity index (χ2v) is 13.4. The van der Waals surface area contributed by atoms with Gasteiger partial charge in [-0.05, 0) is 0 Å². The number of esters is 1. The van der Waals surface area contributed by atoms with Crippen molar-refractivity contribution in [2.75, 3.05) is 31.9 Å². The van der Waals surface area contributed by atoms with E-state index in [9.17, 15) is 9.59 Å². The van der Waals surface area contributed by atoms with Crippen molar-refractivity contribution in [3.63, 3.8) is 0 Å². The van der Waals surface area contributed by atoms with Crippen molar-refractivity contribution >= 4 is 24.8 Å². The van der Waals surface area contributed by atoms with Crippen LogP contribution >= 0.6 is 7.26 Å². The van der Waals surface area contributed by atoms with Crippen LogP contribution in [0.5, 0.6) is 5.75 Å². The molecule has 0 bridgehead atoms. The molecular weight excluding hydrogens is 397 g/mol. The van der Waals surface area contributed by atoms with Gasteiger partial charge in [-0.15, -0.1) is 0 Å². The summed E-state index contributed by atoms with van der Waals surface area (Å²) in [5.74, 6) is 0.505. The van der Waals surface area contributed by atoms with Crippen LogP contribution in [0.2, 0.25) is 0 Å². The molecule has 164 valence electrons. The van der Waals surface area contributed by atoms with Crippen molar-refractivity contribution in [2.24, 2.45) is 0 Å². The summed E-state index contributed by atoms with van der Waals surface area (Å²) in [6, 6.07) is 13.4. The number of methoxy groups -OCH3 is 1. The van der Waals surface area contributed by atoms with Crippen molar-refractivity contribution in [1.29, 1.82) is 0 Å². The van der Waals surface area contributed by atoms with E-state index in [1.54, 1.807) is 7.11 Å². The van der Waals surface area contributed by atoms with Gasteiger partial charge in [0.1, 0.15) is 0 Å². The summed E-state index contributed by atoms with van der Waals surface area (Å²) in [5.41, 5.74) is 3.49. The Morgan fingerprint density at radius 2 is 1.67 bits per heavy atom. The van der Waals surface area contributed by atoms with Crippen LogP contribution in [0.25, 0.3) is 0 Å². The molecule has 0 aliphatic carbocycles. The van der Waals surface area contributed by atoms with Gasteiger partial charge < -0.3 is 0 Å². The standard InChI is InChI=1S/C24H34NO4P/c1-7-21(24(27)25-23-17(2)13-20(28-4)14-18(23)3)30(5,6)16-22(26)29-15-19-11-9-8-10-12-19/h8-14,21,30H,7,15-16H2,1-6H3,(H,25,27). The van der Waals surface area contributed by atoms with Crippen LogP contribution in [-0.2, 0) is 20.9 Å². The van der Waals surface area contributed by atoms with E-state index in [0.29, 0.717) is 12.6 Å². The number of carbonyl (C=O) groups is 2. The zero-order chi connectivity index (χ0) is 22.3. The third-order valence-electron chi connectivity index (χ3n) is 5.50. The number of hydrogen-bond acceptors (Lipinski definition) is 4. The van der Waals surface area contributed by atoms with Crippen LogP contribution in [0.3, 0.4) is 0 Å². The van der Waals surface area contributed by atoms with Crippen LogP contribution in [0.15, 0.2) is 42.5 Å². The fourth-order valence-electron chi connectivity index (χ4n) is 3.83. The van der Waals surface area contributed by atoms with E-state index in [1.165, 1.54) is 0 Å². The van der Waals surface area contributed by atoms with Gasteiger partial charge >= 0.3 is 180 Å². The summed E-state index contributed by atoms with van der Waals surface area (Å²) in [7, 11) is -0.585. The summed E-state index contributed by atoms with van der Waals surface area (Å²) in [6.07, 6.45) is 0.998. The monoisotopic (exact) mass is 431 g/mol. The summed E-state index contributed by atoms with van der Waals surface area (Å²) in [6.45, 7) is 10.3. The fourth-order valence-corrected chi connectivity index (χ4v) is 6.81. The Labute approximate surface area is 180 Å². The SMILES string of the molecule is CCC(C(=O)Nc1c(C)cc(OC)cc1C)[PH](C)(C)CC(=O)OCc1ccccc1. The number of aryl methyl sites for hydroxylation is 2. The predicted octanol–water partition coefficient (Wildman–Crippen LogP) is 4.78. The zero-order valence-electron chi connectivity index (χ0n) is 18.9. The van der Waals surface area contributed by atoms with Gasteiger partial charge in [-0.1, -0.05) is 0 Å². The minimum atomic E-state index is -2.21. The molecule has 1 amide bonds. The molecule has 2 aromatic carbocycles. The molecule has 0 saturated heterocycles. The van der Waals surface area contributed by atoms with E-state index in [2.05, 4.69) is 18.6 Å². The first kappa shape index (κ1) is 23.9. The number of ether oxygens (including phenoxy) is 2. The van der Waals surface area contributed by atoms with Crippen LogP contribution in [-0.4, -0.2) is 44.1 Å². The number of benzene rings is 2. The summed E-state index contributed by atoms with van der Waals surface area (Å²) in [4.78, 5) is 25.6. The maximum absolute atomic E-state index is 13.2. The van der Waals surface area contributed by atoms with Crippen molar-refractivity contribution in [2.45, 2.75) is 39.5 Å². The number of amides is 1. The average Bonchev–Trinajstić information content (AvgIpc) is 2.69. The Balaban J connectivity index is 2.05. The Morgan fingerprint density at radius 3 is 2.20 bits per heavy atom. The molecule has 0 spiro atoms. The molecule has 2 rings (SSSR count). The molecule has 0 aromatic heterocycles. The number of anilines is 1. The topological polar surface area (TPSA) is 64.6 Å². The van der Waals surface area contributed by atoms with E-state index >= 15 is 0 Å². The predicted molar refractivity (Wildman–Crippen MR) is 126 cm³/mol. The van der Waals surface area contributed by atoms with Gasteiger partial charge in [-0.3, -0.25) is 0 Å². The molecule has 30 heavy (non-hydrogen) atoms. The van der Waals surface area contributed by atoms with Gasteiger partial charge in [0, 0.05) is 0 Å². The van der Waals surface area contributed by atoms with Crippen LogP contribution in [0, 0.1) is 13.8 Å². The number of hydrogen-bond donors (Lipinski definition) is 1. The number of carbonyl (C=O) groups excluding carboxylic acids is 2. The normalized spacial score (nSPS) is 12.7. The second kappa shape index (κ2) is 10.6. The van der Waals surface area contributed by atoms with Crippen LogP contribution in [0.4, 0.5) is 5.69 Å². The van der Waals surface area contributed by atoms with Gasteiger partial charge in [0.15, 0.2) is 0 Å². The Bertz CT molecular complexity index is 857. The van der Waals surface area contributed by atoms with E-state index in [1.807, 2.05) is 63.2 Å². The second-order valence-electron chi connectivity index (χ2n) is 8.40. The molecule has 0 aliphatic rings. The van der Waals surface area contributed by atoms with Crippen LogP contribution < -0.4 is 10.1 Å². The van der Waals surface area contributed by atoms with Crippen molar-refractivity contribution in [1.82, 2.24) is 0 Å². The Kier molecular flexibility index (Phi) is 8.43. The third-order valence-corrected chi connectivity index (χ3v) is 9.26. The summed E-state index contributed by atoms with van der Waals surface area (Å²) in [5, 5.41) is 3.11. The van der Waals surface area contributed by atoms with Gasteiger partial charge in [0.2, 0.25) is 0 Å². The quantitative estimate of drug-likeness (QED) is 0.458. The van der Waals surface area contributed by atoms with E-state index in [0.717, 1.165) is 28.1 Å². The Morgan fingerprint density at radius 1 is 1.07 bits per heavy atom. The molecule has 0 saturated carbocycles. The van der Waals surface area contributed by atoms with Crippen molar-refractivity contribution in [3.8, 4) is 5.75 Å². The third kappa shape index (κ3) is 6.30. The van der Waals surface area contributed by atoms with Gasteiger partial charge in [-0.2, -0.15) is 0 Å². The van der Waals surface area contributed by atoms with E-state index < -0.39 is 7.26 Å². The van der Waals surface area contributed by atoms with Gasteiger partial charge in [0.25, 0.3) is 0 Å². The van der Waals surface area contributed by atoms with E-state index in [4.69, 9.17) is 9.47 Å². The molecule has 0 radical (unpaired) electrons. The first-order valence-electron chi connectivity index (χ1n) is 10.3. The molecule has 0 aliphatic heterocycles. The summed E-state index contributed by atoms with van der Waals surface area (Å²) < 4.78 is 10.8. The molecule has 1 N–H and O–H groups in total. The number of rotatable bonds is 9. The zero-order valence-corrected chi connectivity index (χ0v) is 19.9. The molecule has 1 atom stereocenters. The average molecular weight is 432 g/mol. The number of nitrogens with one attached hydrogen (secondary N) is 1. The van der Waals surface area contributed by atoms with Gasteiger partial charge in [-0.25, -0.2) is 0 Å². The van der Waals surface area contributed by atoms with Crippen LogP contribution in [0.1, 0.15) is 30.0 Å². The minimum absolute atomic E-state index is 0.0265. The molecule has 1 unspecified atom stereocenters. The molecule has 2 aromatic rings. The van der Waals surface area contributed by atoms with Crippen molar-refractivity contribution in [3.05, 3.63) is 59.2 Å². The molecule has 6 heteroatoms. The molecule has 0 fully saturated rings. The maximum atomic E-state index is 13.2. The van der Waals surface area contributed by atoms with Crippen molar-refractivity contribution < 1.29 is 19.1 Å². The first-order valence-corrected chi connectivity index (χ1v) is 13.6. The molecule has 0 heterocycles. The Hall–Kier alpha value is -2.39. The summed E-state index contributed by atoms with van der Waals surface area (Å²) >= 11 is 0. The molecule has 5 nitrogen and oxygen atoms in total. The fraction of sp³-hybridized carbons (Fsp3) is 0.417. The molecular formula is C24H34NO4P.